The van der Waals surface area contributed by atoms with Crippen LogP contribution in [0.25, 0.3) is 0 Å². The number of thiocarbonyl (C=S) groups is 1. The molecule has 2 aromatic heterocycles. The summed E-state index contributed by atoms with van der Waals surface area (Å²) in [5.74, 6) is -0.358. The number of benzene rings is 1. The molecule has 0 amide bonds. The highest BCUT2D eigenvalue weighted by atomic mass is 35.5. The minimum absolute atomic E-state index is 0.229. The standard InChI is InChI=1S/C19H21Cl2FN6S/c1-11-18(24-19(29)26(3)10-17-15(21)8-23-27(17)4)12(2)28(25-11)9-13-14(20)6-5-7-16(13)22/h5-8H,9-10H2,1-4H3,(H,24,29). The average molecular weight is 455 g/mol. The molecule has 0 unspecified atom stereocenters. The lowest BCUT2D eigenvalue weighted by atomic mass is 10.2. The number of nitrogens with zero attached hydrogens (tertiary/aromatic N) is 5. The Morgan fingerprint density at radius 3 is 2.62 bits per heavy atom. The van der Waals surface area contributed by atoms with E-state index in [2.05, 4.69) is 15.5 Å². The summed E-state index contributed by atoms with van der Waals surface area (Å²) in [5, 5.41) is 13.4. The van der Waals surface area contributed by atoms with Gasteiger partial charge in [-0.2, -0.15) is 10.2 Å². The zero-order valence-corrected chi connectivity index (χ0v) is 18.8. The molecule has 6 nitrogen and oxygen atoms in total. The van der Waals surface area contributed by atoms with Gasteiger partial charge >= 0.3 is 0 Å². The fourth-order valence-corrected chi connectivity index (χ4v) is 3.59. The van der Waals surface area contributed by atoms with Crippen LogP contribution >= 0.6 is 35.4 Å². The number of halogens is 3. The van der Waals surface area contributed by atoms with Crippen molar-refractivity contribution in [2.45, 2.75) is 26.9 Å². The molecule has 0 spiro atoms. The van der Waals surface area contributed by atoms with Crippen molar-refractivity contribution >= 4 is 46.2 Å². The van der Waals surface area contributed by atoms with Gasteiger partial charge in [0.15, 0.2) is 5.11 Å². The van der Waals surface area contributed by atoms with Gasteiger partial charge in [0.25, 0.3) is 0 Å². The summed E-state index contributed by atoms with van der Waals surface area (Å²) in [6.07, 6.45) is 1.60. The van der Waals surface area contributed by atoms with Gasteiger partial charge in [-0.1, -0.05) is 29.3 Å². The Labute approximate surface area is 184 Å². The van der Waals surface area contributed by atoms with E-state index in [1.54, 1.807) is 27.7 Å². The lowest BCUT2D eigenvalue weighted by Crippen LogP contribution is -2.31. The highest BCUT2D eigenvalue weighted by molar-refractivity contribution is 7.80. The van der Waals surface area contributed by atoms with Crippen LogP contribution in [0.2, 0.25) is 10.0 Å². The number of nitrogens with one attached hydrogen (secondary N) is 1. The van der Waals surface area contributed by atoms with Crippen LogP contribution in [-0.2, 0) is 20.1 Å². The van der Waals surface area contributed by atoms with Gasteiger partial charge in [0.2, 0.25) is 0 Å². The summed E-state index contributed by atoms with van der Waals surface area (Å²) in [6, 6.07) is 4.64. The van der Waals surface area contributed by atoms with Gasteiger partial charge in [-0.25, -0.2) is 4.39 Å². The van der Waals surface area contributed by atoms with E-state index < -0.39 is 0 Å². The largest absolute Gasteiger partial charge is 0.346 e. The van der Waals surface area contributed by atoms with E-state index in [1.165, 1.54) is 6.07 Å². The Balaban J connectivity index is 1.77. The van der Waals surface area contributed by atoms with E-state index in [1.807, 2.05) is 32.8 Å². The third kappa shape index (κ3) is 4.55. The minimum Gasteiger partial charge on any atom is -0.346 e. The average Bonchev–Trinajstić information content (AvgIpc) is 3.12. The van der Waals surface area contributed by atoms with Crippen LogP contribution in [0.1, 0.15) is 22.6 Å². The summed E-state index contributed by atoms with van der Waals surface area (Å²) >= 11 is 17.9. The molecule has 0 radical (unpaired) electrons. The second-order valence-electron chi connectivity index (χ2n) is 6.75. The maximum absolute atomic E-state index is 14.2. The first kappa shape index (κ1) is 21.5. The number of hydrogen-bond donors (Lipinski definition) is 1. The number of aryl methyl sites for hydroxylation is 2. The first-order valence-corrected chi connectivity index (χ1v) is 10.0. The summed E-state index contributed by atoms with van der Waals surface area (Å²) in [5.41, 5.74) is 3.62. The van der Waals surface area contributed by atoms with Crippen molar-refractivity contribution in [2.24, 2.45) is 7.05 Å². The van der Waals surface area contributed by atoms with Crippen LogP contribution in [0, 0.1) is 19.7 Å². The second kappa shape index (κ2) is 8.69. The highest BCUT2D eigenvalue weighted by Crippen LogP contribution is 2.25. The number of anilines is 1. The smallest absolute Gasteiger partial charge is 0.173 e. The van der Waals surface area contributed by atoms with Crippen molar-refractivity contribution in [3.8, 4) is 0 Å². The van der Waals surface area contributed by atoms with Gasteiger partial charge in [0.05, 0.1) is 47.1 Å². The predicted octanol–water partition coefficient (Wildman–Crippen LogP) is 4.56. The normalized spacial score (nSPS) is 11.0. The van der Waals surface area contributed by atoms with E-state index in [4.69, 9.17) is 35.4 Å². The molecular formula is C19H21Cl2FN6S. The van der Waals surface area contributed by atoms with Crippen molar-refractivity contribution in [2.75, 3.05) is 12.4 Å². The quantitative estimate of drug-likeness (QED) is 0.572. The topological polar surface area (TPSA) is 50.9 Å². The van der Waals surface area contributed by atoms with Gasteiger partial charge in [-0.15, -0.1) is 0 Å². The van der Waals surface area contributed by atoms with E-state index in [0.717, 1.165) is 22.8 Å². The van der Waals surface area contributed by atoms with Gasteiger partial charge in [0.1, 0.15) is 5.82 Å². The molecule has 0 saturated heterocycles. The Morgan fingerprint density at radius 2 is 2.00 bits per heavy atom. The van der Waals surface area contributed by atoms with Crippen LogP contribution in [0.15, 0.2) is 24.4 Å². The molecular weight excluding hydrogens is 434 g/mol. The molecule has 3 rings (SSSR count). The van der Waals surface area contributed by atoms with Crippen molar-refractivity contribution in [1.29, 1.82) is 0 Å². The first-order chi connectivity index (χ1) is 13.7. The lowest BCUT2D eigenvalue weighted by molar-refractivity contribution is 0.482. The van der Waals surface area contributed by atoms with Gasteiger partial charge in [0, 0.05) is 24.7 Å². The Kier molecular flexibility index (Phi) is 6.45. The summed E-state index contributed by atoms with van der Waals surface area (Å²) in [4.78, 5) is 1.86. The van der Waals surface area contributed by atoms with E-state index in [0.29, 0.717) is 27.3 Å². The zero-order valence-electron chi connectivity index (χ0n) is 16.5. The highest BCUT2D eigenvalue weighted by Gasteiger charge is 2.18. The van der Waals surface area contributed by atoms with Crippen LogP contribution in [-0.4, -0.2) is 36.6 Å². The summed E-state index contributed by atoms with van der Waals surface area (Å²) in [7, 11) is 3.70. The third-order valence-corrected chi connectivity index (χ3v) is 5.81. The van der Waals surface area contributed by atoms with Gasteiger partial charge < -0.3 is 10.2 Å². The molecule has 0 aliphatic rings. The molecule has 29 heavy (non-hydrogen) atoms. The molecule has 0 aliphatic heterocycles. The molecule has 0 fully saturated rings. The molecule has 0 atom stereocenters. The molecule has 10 heteroatoms. The number of hydrogen-bond acceptors (Lipinski definition) is 3. The zero-order chi connectivity index (χ0) is 21.3. The van der Waals surface area contributed by atoms with Crippen LogP contribution in [0.4, 0.5) is 10.1 Å². The SMILES string of the molecule is Cc1nn(Cc2c(F)cccc2Cl)c(C)c1NC(=S)N(C)Cc1c(Cl)cnn1C. The van der Waals surface area contributed by atoms with Crippen LogP contribution in [0.5, 0.6) is 0 Å². The van der Waals surface area contributed by atoms with Crippen molar-refractivity contribution < 1.29 is 4.39 Å². The van der Waals surface area contributed by atoms with Crippen molar-refractivity contribution in [3.05, 3.63) is 62.9 Å². The van der Waals surface area contributed by atoms with E-state index in [-0.39, 0.29) is 12.4 Å². The van der Waals surface area contributed by atoms with E-state index in [9.17, 15) is 4.39 Å². The van der Waals surface area contributed by atoms with Crippen LogP contribution in [0.3, 0.4) is 0 Å². The molecule has 1 N–H and O–H groups in total. The maximum Gasteiger partial charge on any atom is 0.173 e. The monoisotopic (exact) mass is 454 g/mol. The molecule has 154 valence electrons. The number of aromatic nitrogens is 4. The van der Waals surface area contributed by atoms with Gasteiger partial charge in [-0.05, 0) is 38.2 Å². The molecule has 0 saturated carbocycles. The molecule has 2 heterocycles. The minimum atomic E-state index is -0.358. The number of rotatable bonds is 5. The van der Waals surface area contributed by atoms with Crippen molar-refractivity contribution in [3.63, 3.8) is 0 Å². The molecule has 1 aromatic carbocycles. The van der Waals surface area contributed by atoms with Crippen molar-refractivity contribution in [1.82, 2.24) is 24.5 Å². The Bertz CT molecular complexity index is 1020. The maximum atomic E-state index is 14.2. The Morgan fingerprint density at radius 1 is 1.28 bits per heavy atom. The summed E-state index contributed by atoms with van der Waals surface area (Å²) < 4.78 is 17.6. The molecule has 0 aliphatic carbocycles. The van der Waals surface area contributed by atoms with Gasteiger partial charge in [-0.3, -0.25) is 9.36 Å². The third-order valence-electron chi connectivity index (χ3n) is 4.73. The Hall–Kier alpha value is -2.16. The summed E-state index contributed by atoms with van der Waals surface area (Å²) in [6.45, 7) is 4.50. The second-order valence-corrected chi connectivity index (χ2v) is 7.95. The lowest BCUT2D eigenvalue weighted by Gasteiger charge is -2.21. The van der Waals surface area contributed by atoms with E-state index >= 15 is 0 Å². The molecule has 0 bridgehead atoms. The van der Waals surface area contributed by atoms with Crippen LogP contribution < -0.4 is 5.32 Å². The first-order valence-electron chi connectivity index (χ1n) is 8.84. The fourth-order valence-electron chi connectivity index (χ4n) is 2.98. The predicted molar refractivity (Wildman–Crippen MR) is 118 cm³/mol. The fraction of sp³-hybridized carbons (Fsp3) is 0.316. The molecule has 3 aromatic rings.